The molecule has 0 aromatic rings. The molecule has 9 unspecified atom stereocenters. The molecule has 7 aliphatic heterocycles. The first-order valence-corrected chi connectivity index (χ1v) is 34.3. The SMILES string of the molecule is CCC(C)(C)C(=O)OC1C2CC3C1OC(=O)C3(C(=O)OC[Si]13O[SiH]4O[Si]5(CC)O[Si]6(CC)O[Si](CC)(O4)O[Si](CC)(O1)O[Si](CC)(O6)O[Si](CC)(O5)O3)C2. The van der Waals surface area contributed by atoms with Gasteiger partial charge in [-0.2, -0.15) is 0 Å². The van der Waals surface area contributed by atoms with E-state index in [-0.39, 0.29) is 30.4 Å². The lowest BCUT2D eigenvalue weighted by atomic mass is 9.73. The summed E-state index contributed by atoms with van der Waals surface area (Å²) in [5.74, 6) is -2.64. The number of carbonyl (C=O) groups excluding carboxylic acids is 3. The largest absolute Gasteiger partial charge is 0.518 e. The second kappa shape index (κ2) is 13.3. The van der Waals surface area contributed by atoms with E-state index >= 15 is 0 Å². The van der Waals surface area contributed by atoms with Crippen LogP contribution in [0, 0.1) is 22.7 Å². The smallest absolute Gasteiger partial charge is 0.460 e. The summed E-state index contributed by atoms with van der Waals surface area (Å²) in [7, 11) is -30.8. The molecule has 0 aromatic heterocycles. The van der Waals surface area contributed by atoms with E-state index in [0.29, 0.717) is 37.0 Å². The predicted octanol–water partition coefficient (Wildman–Crippen LogP) is 3.04. The summed E-state index contributed by atoms with van der Waals surface area (Å²) in [6, 6.07) is 1.75. The standard InChI is InChI=1S/C28H52O18Si8/c1-10-27(8,9)24(29)33-22-20-17-21-23(22)34-26(31)28(21,18-20)25(30)32-19-54-37-47-35-48(11-2)38-50(13-4)39-49(12-3,36-47)41-52(15-6,46-54)44-53(16-7,42-50)43-51(14-5,40-48)45-54/h20-23,47H,10-19H2,1-9H3. The molecular formula is C28H52O18Si8. The average Bonchev–Trinajstić information content (AvgIpc) is 3.72. The van der Waals surface area contributed by atoms with Gasteiger partial charge in [-0.1, -0.05) is 48.5 Å². The Balaban J connectivity index is 1.15. The molecule has 0 spiro atoms. The molecule has 10 bridgehead atoms. The Kier molecular flexibility index (Phi) is 9.99. The Morgan fingerprint density at radius 2 is 1.13 bits per heavy atom. The minimum Gasteiger partial charge on any atom is -0.460 e. The van der Waals surface area contributed by atoms with E-state index in [1.54, 1.807) is 0 Å². The van der Waals surface area contributed by atoms with Gasteiger partial charge in [0.2, 0.25) is 0 Å². The molecular weight excluding hydrogens is 849 g/mol. The third-order valence-electron chi connectivity index (χ3n) is 12.2. The molecule has 18 nitrogen and oxygen atoms in total. The molecule has 0 N–H and O–H groups in total. The van der Waals surface area contributed by atoms with Crippen LogP contribution in [0.2, 0.25) is 36.3 Å². The minimum atomic E-state index is -4.37. The second-order valence-electron chi connectivity index (χ2n) is 15.8. The van der Waals surface area contributed by atoms with Crippen LogP contribution in [0.15, 0.2) is 0 Å². The summed E-state index contributed by atoms with van der Waals surface area (Å²) in [6.45, 7) is 16.9. The van der Waals surface area contributed by atoms with Crippen LogP contribution in [0.5, 0.6) is 0 Å². The monoisotopic (exact) mass is 900 g/mol. The number of ether oxygens (including phenoxy) is 3. The fourth-order valence-corrected chi connectivity index (χ4v) is 54.6. The van der Waals surface area contributed by atoms with Crippen molar-refractivity contribution in [3.8, 4) is 0 Å². The number of rotatable bonds is 12. The van der Waals surface area contributed by atoms with Gasteiger partial charge in [-0.05, 0) is 33.1 Å². The summed E-state index contributed by atoms with van der Waals surface area (Å²) < 4.78 is 102. The van der Waals surface area contributed by atoms with E-state index in [4.69, 9.17) is 63.6 Å². The maximum absolute atomic E-state index is 14.4. The average molecular weight is 901 g/mol. The highest BCUT2D eigenvalue weighted by atomic mass is 28.6. The van der Waals surface area contributed by atoms with E-state index < -0.39 is 118 Å². The number of carbonyl (C=O) groups is 3. The fraction of sp³-hybridized carbons (Fsp3) is 0.893. The van der Waals surface area contributed by atoms with Crippen LogP contribution in [0.25, 0.3) is 0 Å². The van der Waals surface area contributed by atoms with Crippen molar-refractivity contribution in [1.82, 2.24) is 0 Å². The number of fused-ring (bicyclic) bond motifs is 1. The van der Waals surface area contributed by atoms with Crippen molar-refractivity contribution in [2.45, 2.75) is 130 Å². The Morgan fingerprint density at radius 3 is 1.57 bits per heavy atom. The van der Waals surface area contributed by atoms with Crippen molar-refractivity contribution < 1.29 is 78.0 Å². The summed E-state index contributed by atoms with van der Waals surface area (Å²) >= 11 is 0. The normalized spacial score (nSPS) is 49.9. The molecule has 304 valence electrons. The number of hydrogen-bond donors (Lipinski definition) is 0. The molecule has 2 aliphatic carbocycles. The highest BCUT2D eigenvalue weighted by Crippen LogP contribution is 2.63. The maximum Gasteiger partial charge on any atom is 0.518 e. The quantitative estimate of drug-likeness (QED) is 0.120. The van der Waals surface area contributed by atoms with Crippen LogP contribution in [0.1, 0.15) is 81.6 Å². The molecule has 9 atom stereocenters. The predicted molar refractivity (Wildman–Crippen MR) is 197 cm³/mol. The van der Waals surface area contributed by atoms with Crippen molar-refractivity contribution in [2.24, 2.45) is 22.7 Å². The lowest BCUT2D eigenvalue weighted by Gasteiger charge is -2.61. The van der Waals surface area contributed by atoms with Crippen molar-refractivity contribution in [2.75, 3.05) is 6.23 Å². The Labute approximate surface area is 324 Å². The van der Waals surface area contributed by atoms with E-state index in [1.807, 2.05) is 62.3 Å². The van der Waals surface area contributed by atoms with E-state index in [9.17, 15) is 14.4 Å². The molecule has 54 heavy (non-hydrogen) atoms. The summed E-state index contributed by atoms with van der Waals surface area (Å²) in [4.78, 5) is 41.2. The van der Waals surface area contributed by atoms with Gasteiger partial charge in [0.15, 0.2) is 11.6 Å². The van der Waals surface area contributed by atoms with E-state index in [1.165, 1.54) is 0 Å². The van der Waals surface area contributed by atoms with Crippen LogP contribution < -0.4 is 0 Å². The van der Waals surface area contributed by atoms with Crippen molar-refractivity contribution in [3.05, 3.63) is 0 Å². The van der Waals surface area contributed by atoms with Gasteiger partial charge in [-0.15, -0.1) is 0 Å². The van der Waals surface area contributed by atoms with Gasteiger partial charge < -0.3 is 63.6 Å². The molecule has 0 amide bonds. The zero-order valence-electron chi connectivity index (χ0n) is 32.3. The number of hydrogen-bond acceptors (Lipinski definition) is 18. The van der Waals surface area contributed by atoms with Gasteiger partial charge in [-0.3, -0.25) is 14.4 Å². The first kappa shape index (κ1) is 40.4. The van der Waals surface area contributed by atoms with Crippen LogP contribution in [0.4, 0.5) is 0 Å². The maximum atomic E-state index is 14.4. The third kappa shape index (κ3) is 6.00. The lowest BCUT2D eigenvalue weighted by molar-refractivity contribution is -0.170. The second-order valence-corrected chi connectivity index (χ2v) is 40.6. The van der Waals surface area contributed by atoms with Gasteiger partial charge in [0.05, 0.1) is 5.41 Å². The zero-order valence-corrected chi connectivity index (χ0v) is 40.5. The summed E-state index contributed by atoms with van der Waals surface area (Å²) in [6.07, 6.45) is -0.756. The van der Waals surface area contributed by atoms with Gasteiger partial charge in [-0.25, -0.2) is 0 Å². The van der Waals surface area contributed by atoms with E-state index in [2.05, 4.69) is 0 Å². The zero-order chi connectivity index (χ0) is 38.8. The highest BCUT2D eigenvalue weighted by molar-refractivity contribution is 7.01. The van der Waals surface area contributed by atoms with Gasteiger partial charge in [0, 0.05) is 48.1 Å². The molecule has 0 radical (unpaired) electrons. The van der Waals surface area contributed by atoms with Crippen LogP contribution in [-0.2, 0) is 78.0 Å². The Bertz CT molecular complexity index is 1530. The molecule has 0 aromatic carbocycles. The molecule has 7 heterocycles. The van der Waals surface area contributed by atoms with E-state index in [0.717, 1.165) is 0 Å². The molecule has 2 saturated carbocycles. The van der Waals surface area contributed by atoms with Crippen LogP contribution in [0.3, 0.4) is 0 Å². The Hall–Kier alpha value is -0.335. The first-order chi connectivity index (χ1) is 25.4. The molecule has 9 fully saturated rings. The van der Waals surface area contributed by atoms with Crippen molar-refractivity contribution >= 4 is 89.1 Å². The summed E-state index contributed by atoms with van der Waals surface area (Å²) in [5, 5.41) is 0. The molecule has 9 aliphatic rings. The molecule has 9 rings (SSSR count). The molecule has 26 heteroatoms. The van der Waals surface area contributed by atoms with Crippen molar-refractivity contribution in [1.29, 1.82) is 0 Å². The van der Waals surface area contributed by atoms with Crippen molar-refractivity contribution in [3.63, 3.8) is 0 Å². The molecule has 7 saturated heterocycles. The van der Waals surface area contributed by atoms with Gasteiger partial charge >= 0.3 is 89.1 Å². The summed E-state index contributed by atoms with van der Waals surface area (Å²) in [5.41, 5.74) is -2.29. The van der Waals surface area contributed by atoms with Gasteiger partial charge in [0.1, 0.15) is 12.2 Å². The lowest BCUT2D eigenvalue weighted by Crippen LogP contribution is -2.86. The fourth-order valence-electron chi connectivity index (χ4n) is 8.66. The third-order valence-corrected chi connectivity index (χ3v) is 46.9. The van der Waals surface area contributed by atoms with Gasteiger partial charge in [0.25, 0.3) is 0 Å². The van der Waals surface area contributed by atoms with Crippen LogP contribution >= 0.6 is 0 Å². The Morgan fingerprint density at radius 1 is 0.704 bits per heavy atom. The minimum absolute atomic E-state index is 0.117. The van der Waals surface area contributed by atoms with Crippen LogP contribution in [-0.4, -0.2) is 108 Å². The topological polar surface area (TPSA) is 190 Å². The number of esters is 3. The highest BCUT2D eigenvalue weighted by Gasteiger charge is 2.81. The first-order valence-electron chi connectivity index (χ1n) is 19.4.